The number of allylic oxidation sites excluding steroid dienone is 21. The first-order valence-corrected chi connectivity index (χ1v) is 32.0. The summed E-state index contributed by atoms with van der Waals surface area (Å²) in [5.74, 6) is -0.649. The maximum atomic E-state index is 13.5. The second-order valence-electron chi connectivity index (χ2n) is 21.1. The lowest BCUT2D eigenvalue weighted by Crippen LogP contribution is -2.47. The average molecular weight is 1090 g/mol. The Morgan fingerprint density at radius 3 is 1.30 bits per heavy atom. The van der Waals surface area contributed by atoms with Gasteiger partial charge in [-0.15, -0.1) is 0 Å². The van der Waals surface area contributed by atoms with Gasteiger partial charge in [-0.25, -0.2) is 4.57 Å². The third-order valence-corrected chi connectivity index (χ3v) is 13.6. The van der Waals surface area contributed by atoms with Gasteiger partial charge in [-0.1, -0.05) is 232 Å². The van der Waals surface area contributed by atoms with E-state index in [0.29, 0.717) is 23.9 Å². The van der Waals surface area contributed by atoms with Gasteiger partial charge in [0, 0.05) is 12.8 Å². The molecule has 438 valence electrons. The molecule has 0 spiro atoms. The Morgan fingerprint density at radius 2 is 0.844 bits per heavy atom. The van der Waals surface area contributed by atoms with E-state index in [1.54, 1.807) is 0 Å². The van der Waals surface area contributed by atoms with Gasteiger partial charge in [0.2, 0.25) is 5.91 Å². The number of amides is 1. The molecule has 0 fully saturated rings. The van der Waals surface area contributed by atoms with Crippen LogP contribution in [0.4, 0.5) is 0 Å². The summed E-state index contributed by atoms with van der Waals surface area (Å²) in [6, 6.07) is -0.906. The smallest absolute Gasteiger partial charge is 0.456 e. The van der Waals surface area contributed by atoms with E-state index >= 15 is 0 Å². The predicted molar refractivity (Wildman–Crippen MR) is 332 cm³/mol. The first kappa shape index (κ1) is 73.2. The summed E-state index contributed by atoms with van der Waals surface area (Å²) in [5.41, 5.74) is 0. The van der Waals surface area contributed by atoms with Gasteiger partial charge in [0.05, 0.1) is 33.8 Å². The Morgan fingerprint density at radius 1 is 0.468 bits per heavy atom. The Kier molecular flexibility index (Phi) is 52.7. The maximum Gasteiger partial charge on any atom is 0.472 e. The van der Waals surface area contributed by atoms with Crippen molar-refractivity contribution in [1.29, 1.82) is 0 Å². The molecule has 0 aromatic heterocycles. The molecule has 10 heteroatoms. The molecule has 0 aliphatic rings. The number of carbonyl (C=O) groups is 2. The molecule has 3 atom stereocenters. The second-order valence-corrected chi connectivity index (χ2v) is 22.6. The van der Waals surface area contributed by atoms with Crippen LogP contribution in [0, 0.1) is 0 Å². The summed E-state index contributed by atoms with van der Waals surface area (Å²) in [5, 5.41) is 3.01. The van der Waals surface area contributed by atoms with Crippen molar-refractivity contribution in [2.45, 2.75) is 238 Å². The quantitative estimate of drug-likeness (QED) is 0.0205. The van der Waals surface area contributed by atoms with Gasteiger partial charge in [-0.3, -0.25) is 18.6 Å². The highest BCUT2D eigenvalue weighted by Gasteiger charge is 2.30. The molecule has 9 nitrogen and oxygen atoms in total. The minimum atomic E-state index is -4.48. The molecular formula is C67H114N2O7P+. The Bertz CT molecular complexity index is 1780. The van der Waals surface area contributed by atoms with Gasteiger partial charge < -0.3 is 19.4 Å². The van der Waals surface area contributed by atoms with Gasteiger partial charge in [-0.05, 0) is 115 Å². The molecule has 0 saturated heterocycles. The summed E-state index contributed by atoms with van der Waals surface area (Å²) in [6.45, 7) is 6.77. The standard InChI is InChI=1S/C67H113N2O7P/c1-7-10-13-16-19-22-25-28-30-32-34-36-38-41-44-47-50-53-56-59-66(70)68-64(63-75-77(72,73)74-62-61-69(4,5)6)65(58-55-52-49-46-43-40-27-24-21-18-15-12-9-3)76-67(71)60-57-54-51-48-45-42-39-37-35-33-31-29-26-23-20-17-14-11-8-2/h11,14,19-20,22-23,28-31,34-37,41-42,44-45,51,54-55,58,64-65H,7-10,12-13,15-18,21,24-27,32-33,38-40,43,46-50,52-53,56-57,59-63H2,1-6H3,(H-,68,70,72,73)/p+1/b14-11-,22-19-,23-20-,30-28-,31-29-,36-34-,37-35-,44-41-,45-42-,54-51-,58-55+. The van der Waals surface area contributed by atoms with Crippen LogP contribution in [0.1, 0.15) is 226 Å². The number of likely N-dealkylation sites (N-methyl/N-ethyl adjacent to an activating group) is 1. The number of quaternary nitrogens is 1. The molecular weight excluding hydrogens is 976 g/mol. The number of nitrogens with one attached hydrogen (secondary N) is 1. The number of hydrogen-bond acceptors (Lipinski definition) is 6. The lowest BCUT2D eigenvalue weighted by atomic mass is 10.0. The molecule has 0 rings (SSSR count). The second kappa shape index (κ2) is 55.5. The minimum absolute atomic E-state index is 0.0151. The van der Waals surface area contributed by atoms with Gasteiger partial charge in [0.1, 0.15) is 19.3 Å². The topological polar surface area (TPSA) is 111 Å². The van der Waals surface area contributed by atoms with Crippen LogP contribution in [0.5, 0.6) is 0 Å². The first-order chi connectivity index (χ1) is 37.4. The molecule has 0 bridgehead atoms. The summed E-state index contributed by atoms with van der Waals surface area (Å²) in [4.78, 5) is 37.7. The van der Waals surface area contributed by atoms with E-state index in [2.05, 4.69) is 135 Å². The summed E-state index contributed by atoms with van der Waals surface area (Å²) in [6.07, 6.45) is 78.9. The number of ether oxygens (including phenoxy) is 1. The van der Waals surface area contributed by atoms with E-state index in [4.69, 9.17) is 13.8 Å². The van der Waals surface area contributed by atoms with Crippen LogP contribution in [0.15, 0.2) is 134 Å². The normalized spacial score (nSPS) is 14.6. The number of unbranched alkanes of at least 4 members (excludes halogenated alkanes) is 17. The number of rotatable bonds is 53. The predicted octanol–water partition coefficient (Wildman–Crippen LogP) is 18.9. The molecule has 0 aromatic rings. The molecule has 3 unspecified atom stereocenters. The van der Waals surface area contributed by atoms with Gasteiger partial charge >= 0.3 is 13.8 Å². The van der Waals surface area contributed by atoms with Crippen molar-refractivity contribution in [1.82, 2.24) is 5.32 Å². The van der Waals surface area contributed by atoms with Crippen molar-refractivity contribution in [3.05, 3.63) is 134 Å². The fourth-order valence-electron chi connectivity index (χ4n) is 7.89. The third-order valence-electron chi connectivity index (χ3n) is 12.6. The highest BCUT2D eigenvalue weighted by molar-refractivity contribution is 7.47. The number of phosphoric ester groups is 1. The van der Waals surface area contributed by atoms with Crippen molar-refractivity contribution < 1.29 is 37.3 Å². The van der Waals surface area contributed by atoms with Crippen molar-refractivity contribution in [3.63, 3.8) is 0 Å². The van der Waals surface area contributed by atoms with Crippen LogP contribution in [-0.2, 0) is 27.9 Å². The van der Waals surface area contributed by atoms with Crippen LogP contribution >= 0.6 is 7.82 Å². The monoisotopic (exact) mass is 1090 g/mol. The van der Waals surface area contributed by atoms with Crippen molar-refractivity contribution >= 4 is 19.7 Å². The lowest BCUT2D eigenvalue weighted by molar-refractivity contribution is -0.870. The molecule has 0 heterocycles. The molecule has 0 aliphatic carbocycles. The highest BCUT2D eigenvalue weighted by Crippen LogP contribution is 2.43. The van der Waals surface area contributed by atoms with Crippen molar-refractivity contribution in [2.75, 3.05) is 40.9 Å². The Labute approximate surface area is 473 Å². The number of esters is 1. The summed E-state index contributed by atoms with van der Waals surface area (Å²) >= 11 is 0. The van der Waals surface area contributed by atoms with Crippen LogP contribution in [0.25, 0.3) is 0 Å². The SMILES string of the molecule is CC/C=C\C/C=C\C/C=C\C/C=C\C/C=C\C/C=C\CCC(=O)OC(/C=C/CCCCCCCCCCCCC)C(COP(=O)(O)OCC[N+](C)(C)C)NC(=O)CCCCC/C=C\C/C=C\C/C=C\C/C=C\CCCCC. The van der Waals surface area contributed by atoms with Crippen LogP contribution < -0.4 is 5.32 Å². The Balaban J connectivity index is 5.51. The van der Waals surface area contributed by atoms with Crippen LogP contribution in [0.3, 0.4) is 0 Å². The van der Waals surface area contributed by atoms with Crippen molar-refractivity contribution in [2.24, 2.45) is 0 Å². The van der Waals surface area contributed by atoms with Gasteiger partial charge in [-0.2, -0.15) is 0 Å². The first-order valence-electron chi connectivity index (χ1n) is 30.5. The van der Waals surface area contributed by atoms with Crippen molar-refractivity contribution in [3.8, 4) is 0 Å². The zero-order chi connectivity index (χ0) is 56.4. The molecule has 77 heavy (non-hydrogen) atoms. The summed E-state index contributed by atoms with van der Waals surface area (Å²) < 4.78 is 30.6. The van der Waals surface area contributed by atoms with E-state index in [0.717, 1.165) is 96.3 Å². The van der Waals surface area contributed by atoms with E-state index in [-0.39, 0.29) is 32.0 Å². The van der Waals surface area contributed by atoms with E-state index in [1.807, 2.05) is 45.4 Å². The third kappa shape index (κ3) is 56.7. The lowest BCUT2D eigenvalue weighted by Gasteiger charge is -2.27. The van der Waals surface area contributed by atoms with Crippen LogP contribution in [0.2, 0.25) is 0 Å². The maximum absolute atomic E-state index is 13.5. The fourth-order valence-corrected chi connectivity index (χ4v) is 8.62. The fraction of sp³-hybridized carbons (Fsp3) is 0.642. The minimum Gasteiger partial charge on any atom is -0.456 e. The average Bonchev–Trinajstić information content (AvgIpc) is 3.39. The van der Waals surface area contributed by atoms with Gasteiger partial charge in [0.25, 0.3) is 0 Å². The van der Waals surface area contributed by atoms with Gasteiger partial charge in [0.15, 0.2) is 0 Å². The highest BCUT2D eigenvalue weighted by atomic mass is 31.2. The zero-order valence-electron chi connectivity index (χ0n) is 49.9. The van der Waals surface area contributed by atoms with E-state index in [9.17, 15) is 19.0 Å². The molecule has 0 aliphatic heterocycles. The number of phosphoric acid groups is 1. The molecule has 1 amide bonds. The molecule has 2 N–H and O–H groups in total. The molecule has 0 radical (unpaired) electrons. The zero-order valence-corrected chi connectivity index (χ0v) is 50.8. The van der Waals surface area contributed by atoms with Crippen LogP contribution in [-0.4, -0.2) is 74.3 Å². The number of carbonyl (C=O) groups excluding carboxylic acids is 2. The summed E-state index contributed by atoms with van der Waals surface area (Å²) in [7, 11) is 1.42. The Hall–Kier alpha value is -3.85. The van der Waals surface area contributed by atoms with E-state index in [1.165, 1.54) is 83.5 Å². The van der Waals surface area contributed by atoms with E-state index < -0.39 is 25.9 Å². The molecule has 0 saturated carbocycles. The molecule has 0 aromatic carbocycles. The number of nitrogens with zero attached hydrogens (tertiary/aromatic N) is 1. The largest absolute Gasteiger partial charge is 0.472 e. The number of hydrogen-bond donors (Lipinski definition) is 2.